The molecule has 2 amide bonds. The molecule has 2 aromatic carbocycles. The summed E-state index contributed by atoms with van der Waals surface area (Å²) >= 11 is 0. The third-order valence-corrected chi connectivity index (χ3v) is 6.68. The van der Waals surface area contributed by atoms with Gasteiger partial charge in [0, 0.05) is 24.0 Å². The molecule has 0 aromatic heterocycles. The van der Waals surface area contributed by atoms with Crippen LogP contribution in [0.1, 0.15) is 65.2 Å². The number of carbonyl (C=O) groups is 2. The fourth-order valence-electron chi connectivity index (χ4n) is 4.95. The van der Waals surface area contributed by atoms with Crippen LogP contribution < -0.4 is 5.73 Å². The molecule has 0 spiro atoms. The second-order valence-corrected chi connectivity index (χ2v) is 8.94. The van der Waals surface area contributed by atoms with Crippen molar-refractivity contribution in [3.8, 4) is 0 Å². The van der Waals surface area contributed by atoms with E-state index >= 15 is 0 Å². The van der Waals surface area contributed by atoms with Crippen molar-refractivity contribution in [3.05, 3.63) is 70.3 Å². The van der Waals surface area contributed by atoms with Gasteiger partial charge >= 0.3 is 0 Å². The van der Waals surface area contributed by atoms with E-state index in [1.54, 1.807) is 0 Å². The van der Waals surface area contributed by atoms with Crippen LogP contribution in [0.25, 0.3) is 0 Å². The Balaban J connectivity index is 1.37. The molecule has 4 rings (SSSR count). The van der Waals surface area contributed by atoms with Gasteiger partial charge in [0.25, 0.3) is 0 Å². The van der Waals surface area contributed by atoms with E-state index in [0.717, 1.165) is 49.3 Å². The molecule has 1 aliphatic carbocycles. The number of carbonyl (C=O) groups excluding carboxylic acids is 2. The molecule has 1 saturated heterocycles. The first-order valence-electron chi connectivity index (χ1n) is 11.1. The summed E-state index contributed by atoms with van der Waals surface area (Å²) in [6.45, 7) is 2.21. The molecule has 1 heterocycles. The highest BCUT2D eigenvalue weighted by Crippen LogP contribution is 2.37. The molecule has 5 nitrogen and oxygen atoms in total. The van der Waals surface area contributed by atoms with E-state index in [9.17, 15) is 18.4 Å². The molecule has 1 aliphatic heterocycles. The van der Waals surface area contributed by atoms with Gasteiger partial charge in [-0.2, -0.15) is 0 Å². The summed E-state index contributed by atoms with van der Waals surface area (Å²) in [4.78, 5) is 30.3. The van der Waals surface area contributed by atoms with Crippen LogP contribution in [-0.2, 0) is 16.1 Å². The predicted octanol–water partition coefficient (Wildman–Crippen LogP) is 4.63. The van der Waals surface area contributed by atoms with E-state index in [-0.39, 0.29) is 11.8 Å². The number of aryl methyl sites for hydroxylation is 1. The van der Waals surface area contributed by atoms with Crippen molar-refractivity contribution in [3.63, 3.8) is 0 Å². The standard InChI is InChI=1S/C25H28F2N2O3/c1-15-2-3-17(11-22(15)24(28)30)10-16-4-6-18(7-5-16)25(31)29-23(8-9-32-29)19-12-20(26)14-21(27)13-19/h2-3,11-14,16,18,23H,4-10H2,1H3,(H2,28,30)/t16?,18?,23-/m0/s1. The molecular formula is C25H28F2N2O3. The molecule has 1 atom stereocenters. The quantitative estimate of drug-likeness (QED) is 0.734. The van der Waals surface area contributed by atoms with Gasteiger partial charge in [-0.05, 0) is 79.8 Å². The highest BCUT2D eigenvalue weighted by Gasteiger charge is 2.37. The Kier molecular flexibility index (Phi) is 6.55. The SMILES string of the molecule is Cc1ccc(CC2CCC(C(=O)N3OCC[C@H]3c3cc(F)cc(F)c3)CC2)cc1C(N)=O. The first-order valence-corrected chi connectivity index (χ1v) is 11.1. The maximum atomic E-state index is 13.7. The summed E-state index contributed by atoms with van der Waals surface area (Å²) in [6, 6.07) is 8.71. The molecule has 32 heavy (non-hydrogen) atoms. The molecule has 0 unspecified atom stereocenters. The molecule has 2 aromatic rings. The van der Waals surface area contributed by atoms with Crippen LogP contribution in [0.3, 0.4) is 0 Å². The number of benzene rings is 2. The molecule has 2 aliphatic rings. The number of hydroxylamine groups is 2. The number of nitrogens with two attached hydrogens (primary N) is 1. The van der Waals surface area contributed by atoms with Gasteiger partial charge in [-0.15, -0.1) is 0 Å². The predicted molar refractivity (Wildman–Crippen MR) is 115 cm³/mol. The van der Waals surface area contributed by atoms with Crippen molar-refractivity contribution >= 4 is 11.8 Å². The first-order chi connectivity index (χ1) is 15.3. The minimum atomic E-state index is -0.657. The lowest BCUT2D eigenvalue weighted by Crippen LogP contribution is -2.36. The lowest BCUT2D eigenvalue weighted by atomic mass is 9.78. The van der Waals surface area contributed by atoms with Crippen LogP contribution in [0.5, 0.6) is 0 Å². The molecule has 0 bridgehead atoms. The Bertz CT molecular complexity index is 998. The van der Waals surface area contributed by atoms with Gasteiger partial charge in [-0.3, -0.25) is 14.4 Å². The third kappa shape index (κ3) is 4.83. The van der Waals surface area contributed by atoms with E-state index in [2.05, 4.69) is 0 Å². The van der Waals surface area contributed by atoms with Gasteiger partial charge in [0.2, 0.25) is 11.8 Å². The number of hydrogen-bond acceptors (Lipinski definition) is 3. The highest BCUT2D eigenvalue weighted by molar-refractivity contribution is 5.94. The Morgan fingerprint density at radius 1 is 1.03 bits per heavy atom. The summed E-state index contributed by atoms with van der Waals surface area (Å²) < 4.78 is 27.3. The van der Waals surface area contributed by atoms with E-state index in [0.29, 0.717) is 30.1 Å². The average Bonchev–Trinajstić information content (AvgIpc) is 3.24. The Morgan fingerprint density at radius 3 is 2.38 bits per heavy atom. The van der Waals surface area contributed by atoms with Crippen molar-refractivity contribution in [2.75, 3.05) is 6.61 Å². The van der Waals surface area contributed by atoms with E-state index in [4.69, 9.17) is 10.6 Å². The van der Waals surface area contributed by atoms with Gasteiger partial charge in [-0.1, -0.05) is 12.1 Å². The largest absolute Gasteiger partial charge is 0.366 e. The number of rotatable bonds is 5. The van der Waals surface area contributed by atoms with E-state index < -0.39 is 23.6 Å². The average molecular weight is 443 g/mol. The zero-order chi connectivity index (χ0) is 22.8. The van der Waals surface area contributed by atoms with Gasteiger partial charge in [0.1, 0.15) is 11.6 Å². The lowest BCUT2D eigenvalue weighted by molar-refractivity contribution is -0.183. The molecule has 2 N–H and O–H groups in total. The molecular weight excluding hydrogens is 414 g/mol. The maximum absolute atomic E-state index is 13.7. The van der Waals surface area contributed by atoms with Crippen LogP contribution >= 0.6 is 0 Å². The minimum Gasteiger partial charge on any atom is -0.366 e. The molecule has 170 valence electrons. The Labute approximate surface area is 186 Å². The Morgan fingerprint density at radius 2 is 1.72 bits per heavy atom. The van der Waals surface area contributed by atoms with Crippen LogP contribution in [0.2, 0.25) is 0 Å². The summed E-state index contributed by atoms with van der Waals surface area (Å²) in [7, 11) is 0. The third-order valence-electron chi connectivity index (χ3n) is 6.68. The Hall–Kier alpha value is -2.80. The monoisotopic (exact) mass is 442 g/mol. The second-order valence-electron chi connectivity index (χ2n) is 8.94. The zero-order valence-electron chi connectivity index (χ0n) is 18.2. The van der Waals surface area contributed by atoms with Gasteiger partial charge in [0.15, 0.2) is 0 Å². The van der Waals surface area contributed by atoms with E-state index in [1.165, 1.54) is 17.2 Å². The first kappa shape index (κ1) is 22.4. The molecule has 2 fully saturated rings. The van der Waals surface area contributed by atoms with Crippen molar-refractivity contribution in [2.45, 2.75) is 51.5 Å². The number of amides is 2. The second kappa shape index (κ2) is 9.36. The number of primary amides is 1. The summed E-state index contributed by atoms with van der Waals surface area (Å²) in [5.74, 6) is -1.58. The topological polar surface area (TPSA) is 72.6 Å². The molecule has 7 heteroatoms. The number of halogens is 2. The fourth-order valence-corrected chi connectivity index (χ4v) is 4.95. The fraction of sp³-hybridized carbons (Fsp3) is 0.440. The minimum absolute atomic E-state index is 0.109. The van der Waals surface area contributed by atoms with E-state index in [1.807, 2.05) is 25.1 Å². The lowest BCUT2D eigenvalue weighted by Gasteiger charge is -2.32. The normalized spacial score (nSPS) is 23.3. The summed E-state index contributed by atoms with van der Waals surface area (Å²) in [5, 5.41) is 1.33. The number of nitrogens with zero attached hydrogens (tertiary/aromatic N) is 1. The zero-order valence-corrected chi connectivity index (χ0v) is 18.2. The van der Waals surface area contributed by atoms with Crippen molar-refractivity contribution in [1.82, 2.24) is 5.06 Å². The number of hydrogen-bond donors (Lipinski definition) is 1. The summed E-state index contributed by atoms with van der Waals surface area (Å²) in [6.07, 6.45) is 4.61. The van der Waals surface area contributed by atoms with Crippen LogP contribution in [0.4, 0.5) is 8.78 Å². The molecule has 1 saturated carbocycles. The maximum Gasteiger partial charge on any atom is 0.249 e. The molecule has 0 radical (unpaired) electrons. The van der Waals surface area contributed by atoms with Crippen molar-refractivity contribution in [2.24, 2.45) is 17.6 Å². The van der Waals surface area contributed by atoms with Crippen molar-refractivity contribution in [1.29, 1.82) is 0 Å². The van der Waals surface area contributed by atoms with Crippen LogP contribution in [-0.4, -0.2) is 23.5 Å². The van der Waals surface area contributed by atoms with Crippen LogP contribution in [0, 0.1) is 30.4 Å². The van der Waals surface area contributed by atoms with Gasteiger partial charge in [0.05, 0.1) is 12.6 Å². The summed E-state index contributed by atoms with van der Waals surface area (Å²) in [5.41, 5.74) is 8.39. The van der Waals surface area contributed by atoms with Gasteiger partial charge < -0.3 is 5.73 Å². The van der Waals surface area contributed by atoms with Crippen molar-refractivity contribution < 1.29 is 23.2 Å². The van der Waals surface area contributed by atoms with Crippen LogP contribution in [0.15, 0.2) is 36.4 Å². The smallest absolute Gasteiger partial charge is 0.249 e. The van der Waals surface area contributed by atoms with Gasteiger partial charge in [-0.25, -0.2) is 13.8 Å². The highest BCUT2D eigenvalue weighted by atomic mass is 19.1.